The van der Waals surface area contributed by atoms with Gasteiger partial charge in [0.25, 0.3) is 0 Å². The summed E-state index contributed by atoms with van der Waals surface area (Å²) in [5.74, 6) is -6.49. The van der Waals surface area contributed by atoms with Gasteiger partial charge in [0.1, 0.15) is 18.3 Å². The van der Waals surface area contributed by atoms with Gasteiger partial charge in [-0.25, -0.2) is 0 Å². The van der Waals surface area contributed by atoms with Crippen LogP contribution in [0.15, 0.2) is 85.1 Å². The fraction of sp³-hybridized carbons (Fsp3) is 0.673. The van der Waals surface area contributed by atoms with Gasteiger partial charge in [0.2, 0.25) is 11.8 Å². The molecule has 0 unspecified atom stereocenters. The van der Waals surface area contributed by atoms with Gasteiger partial charge in [0.15, 0.2) is 12.1 Å². The lowest BCUT2D eigenvalue weighted by Gasteiger charge is -2.46. The monoisotopic (exact) mass is 1040 g/mol. The van der Waals surface area contributed by atoms with E-state index in [9.17, 15) is 70.6 Å². The number of carbonyl (C=O) groups is 3. The van der Waals surface area contributed by atoms with Crippen molar-refractivity contribution in [2.75, 3.05) is 26.7 Å². The summed E-state index contributed by atoms with van der Waals surface area (Å²) in [7, 11) is 1.55. The molecule has 14 N–H and O–H groups in total. The third-order valence-electron chi connectivity index (χ3n) is 13.1. The van der Waals surface area contributed by atoms with Gasteiger partial charge in [-0.3, -0.25) is 14.4 Å². The second kappa shape index (κ2) is 32.4. The molecular weight excluding hydrogens is 955 g/mol. The van der Waals surface area contributed by atoms with E-state index in [1.165, 1.54) is 13.0 Å². The molecule has 2 bridgehead atoms. The van der Waals surface area contributed by atoms with Crippen LogP contribution in [0.25, 0.3) is 0 Å². The number of allylic oxidation sites excluding steroid dienone is 12. The number of fused-ring (bicyclic) bond motifs is 2. The topological polar surface area (TPSA) is 347 Å². The van der Waals surface area contributed by atoms with Crippen molar-refractivity contribution < 1.29 is 89.5 Å². The molecule has 0 saturated carbocycles. The highest BCUT2D eigenvalue weighted by molar-refractivity contribution is 5.80. The van der Waals surface area contributed by atoms with E-state index in [0.717, 1.165) is 0 Å². The fourth-order valence-electron chi connectivity index (χ4n) is 8.82. The molecule has 0 radical (unpaired) electrons. The number of likely N-dealkylation sites (N-methyl/N-ethyl adjacent to an activating group) is 1. The van der Waals surface area contributed by atoms with Crippen molar-refractivity contribution in [2.24, 2.45) is 17.8 Å². The van der Waals surface area contributed by atoms with E-state index in [1.54, 1.807) is 93.8 Å². The first-order valence-corrected chi connectivity index (χ1v) is 25.1. The minimum atomic E-state index is -2.34. The number of ether oxygens (including phenoxy) is 4. The first kappa shape index (κ1) is 63.3. The Kier molecular flexibility index (Phi) is 28.1. The SMILES string of the molecule is CNCC(=O)N[C@@H]1[C@H](O)[C@H](O[C@H]2/C=C/C=C/C=C/C=C/C=C/C=C/C=C/[C@H](C)[C@@H](O)[C@@H](C)[C@H](C)OC(=O)C[C@H](O)C[C@H](O)CC[C@@H](O)[C@H](O)C[C@H](O)C[C@]3(O)C[C@H](O)[C@@H](C(=O)NCCO)[C@H](C2)O3)O[C@H](C)[C@H]1O. The highest BCUT2D eigenvalue weighted by Crippen LogP contribution is 2.38. The van der Waals surface area contributed by atoms with Crippen LogP contribution in [0, 0.1) is 17.8 Å². The average molecular weight is 1040 g/mol. The van der Waals surface area contributed by atoms with E-state index >= 15 is 0 Å². The second-order valence-corrected chi connectivity index (χ2v) is 19.3. The lowest BCUT2D eigenvalue weighted by Crippen LogP contribution is -2.64. The van der Waals surface area contributed by atoms with E-state index in [-0.39, 0.29) is 44.7 Å². The number of aliphatic hydroxyl groups excluding tert-OH is 10. The number of esters is 1. The van der Waals surface area contributed by atoms with Crippen LogP contribution in [-0.4, -0.2) is 198 Å². The minimum Gasteiger partial charge on any atom is -0.462 e. The molecule has 3 heterocycles. The Balaban J connectivity index is 1.96. The van der Waals surface area contributed by atoms with Gasteiger partial charge >= 0.3 is 5.97 Å². The minimum absolute atomic E-state index is 0.118. The van der Waals surface area contributed by atoms with Gasteiger partial charge in [0, 0.05) is 44.1 Å². The zero-order valence-electron chi connectivity index (χ0n) is 42.5. The number of hydrogen-bond donors (Lipinski definition) is 14. The summed E-state index contributed by atoms with van der Waals surface area (Å²) >= 11 is 0. The van der Waals surface area contributed by atoms with Crippen molar-refractivity contribution in [1.29, 1.82) is 0 Å². The van der Waals surface area contributed by atoms with Gasteiger partial charge < -0.3 is 91.1 Å². The zero-order valence-corrected chi connectivity index (χ0v) is 42.5. The summed E-state index contributed by atoms with van der Waals surface area (Å²) in [6.07, 6.45) is 3.00. The highest BCUT2D eigenvalue weighted by atomic mass is 16.7. The van der Waals surface area contributed by atoms with E-state index in [4.69, 9.17) is 18.9 Å². The number of carbonyl (C=O) groups excluding carboxylic acids is 3. The van der Waals surface area contributed by atoms with Crippen LogP contribution in [0.2, 0.25) is 0 Å². The van der Waals surface area contributed by atoms with Crippen LogP contribution in [0.4, 0.5) is 0 Å². The van der Waals surface area contributed by atoms with Crippen molar-refractivity contribution in [3.63, 3.8) is 0 Å². The van der Waals surface area contributed by atoms with Gasteiger partial charge in [-0.05, 0) is 40.2 Å². The number of nitrogens with one attached hydrogen (secondary N) is 3. The summed E-state index contributed by atoms with van der Waals surface area (Å²) in [5, 5.41) is 128. The van der Waals surface area contributed by atoms with Crippen LogP contribution in [-0.2, 0) is 33.3 Å². The Bertz CT molecular complexity index is 1880. The maximum Gasteiger partial charge on any atom is 0.308 e. The molecule has 414 valence electrons. The molecule has 21 heteroatoms. The van der Waals surface area contributed by atoms with Crippen molar-refractivity contribution in [1.82, 2.24) is 16.0 Å². The molecule has 0 aromatic heterocycles. The molecule has 19 atom stereocenters. The predicted molar refractivity (Wildman–Crippen MR) is 267 cm³/mol. The van der Waals surface area contributed by atoms with Crippen LogP contribution in [0.5, 0.6) is 0 Å². The summed E-state index contributed by atoms with van der Waals surface area (Å²) in [6.45, 7) is 5.98. The molecule has 2 saturated heterocycles. The van der Waals surface area contributed by atoms with Crippen LogP contribution in [0.3, 0.4) is 0 Å². The summed E-state index contributed by atoms with van der Waals surface area (Å²) < 4.78 is 23.8. The first-order valence-electron chi connectivity index (χ1n) is 25.1. The van der Waals surface area contributed by atoms with Crippen LogP contribution >= 0.6 is 0 Å². The molecule has 3 aliphatic heterocycles. The smallest absolute Gasteiger partial charge is 0.308 e. The number of rotatable bonds is 8. The molecule has 2 fully saturated rings. The van der Waals surface area contributed by atoms with E-state index in [2.05, 4.69) is 16.0 Å². The molecule has 3 rings (SSSR count). The summed E-state index contributed by atoms with van der Waals surface area (Å²) in [6, 6.07) is -1.24. The Labute approximate surface area is 428 Å². The number of cyclic esters (lactones) is 1. The third kappa shape index (κ3) is 22.0. The number of amides is 2. The van der Waals surface area contributed by atoms with Gasteiger partial charge in [-0.15, -0.1) is 0 Å². The fourth-order valence-corrected chi connectivity index (χ4v) is 8.82. The maximum atomic E-state index is 13.6. The summed E-state index contributed by atoms with van der Waals surface area (Å²) in [4.78, 5) is 38.8. The Morgan fingerprint density at radius 3 is 1.90 bits per heavy atom. The molecule has 3 aliphatic rings. The second-order valence-electron chi connectivity index (χ2n) is 19.3. The third-order valence-corrected chi connectivity index (χ3v) is 13.1. The molecule has 73 heavy (non-hydrogen) atoms. The molecule has 21 nitrogen and oxygen atoms in total. The normalized spacial score (nSPS) is 41.7. The average Bonchev–Trinajstić information content (AvgIpc) is 3.31. The predicted octanol–water partition coefficient (Wildman–Crippen LogP) is -0.887. The van der Waals surface area contributed by atoms with Gasteiger partial charge in [-0.2, -0.15) is 0 Å². The van der Waals surface area contributed by atoms with E-state index in [0.29, 0.717) is 0 Å². The van der Waals surface area contributed by atoms with Gasteiger partial charge in [-0.1, -0.05) is 98.9 Å². The molecule has 0 aromatic carbocycles. The standard InChI is InChI=1S/C52H83N3O18/c1-31-18-16-14-12-10-8-6-7-9-11-13-15-17-19-38(72-51-49(67)46(48(66)34(4)71-51)55-43(63)30-53-5)27-42-45(50(68)54-22-23-56)41(62)29-52(69,73-42)28-37(59)25-40(61)39(60)21-20-35(57)24-36(58)26-44(64)70-33(3)32(2)47(31)65/h6-19,31-42,45-49,51,53,56-62,65-67,69H,20-30H2,1-5H3,(H,54,68)(H,55,63)/b7-6+,10-8+,11-9+,14-12+,15-13+,18-16+,19-17+/t31-,32-,33-,34+,35+,36+,37-,38-,39+,40+,41-,42-,45+,46-,47+,48+,49-,51-,52+/m0/s1. The van der Waals surface area contributed by atoms with Crippen molar-refractivity contribution in [3.8, 4) is 0 Å². The quantitative estimate of drug-likeness (QED) is 0.131. The van der Waals surface area contributed by atoms with E-state index in [1.807, 2.05) is 13.0 Å². The molecular formula is C52H83N3O18. The van der Waals surface area contributed by atoms with Crippen molar-refractivity contribution in [2.45, 2.75) is 177 Å². The zero-order chi connectivity index (χ0) is 54.3. The first-order chi connectivity index (χ1) is 34.6. The highest BCUT2D eigenvalue weighted by Gasteiger charge is 2.51. The van der Waals surface area contributed by atoms with Crippen molar-refractivity contribution >= 4 is 17.8 Å². The Morgan fingerprint density at radius 1 is 0.699 bits per heavy atom. The number of aliphatic hydroxyl groups is 11. The lowest BCUT2D eigenvalue weighted by molar-refractivity contribution is -0.307. The van der Waals surface area contributed by atoms with Crippen molar-refractivity contribution in [3.05, 3.63) is 85.1 Å². The molecule has 0 aromatic rings. The Hall–Kier alpha value is -4.01. The Morgan fingerprint density at radius 2 is 1.30 bits per heavy atom. The summed E-state index contributed by atoms with van der Waals surface area (Å²) in [5.41, 5.74) is 0. The molecule has 0 aliphatic carbocycles. The van der Waals surface area contributed by atoms with Crippen LogP contribution < -0.4 is 16.0 Å². The maximum absolute atomic E-state index is 13.6. The van der Waals surface area contributed by atoms with Crippen LogP contribution in [0.1, 0.15) is 79.1 Å². The number of hydrogen-bond acceptors (Lipinski definition) is 19. The molecule has 2 amide bonds. The lowest BCUT2D eigenvalue weighted by atomic mass is 9.82. The van der Waals surface area contributed by atoms with Gasteiger partial charge in [0.05, 0.1) is 92.6 Å². The largest absolute Gasteiger partial charge is 0.462 e. The molecule has 0 spiro atoms. The van der Waals surface area contributed by atoms with E-state index < -0.39 is 159 Å².